The molecule has 104 valence electrons. The Bertz CT molecular complexity index is 499. The highest BCUT2D eigenvalue weighted by atomic mass is 79.9. The number of nitrogens with zero attached hydrogens (tertiary/aromatic N) is 1. The second-order valence-electron chi connectivity index (χ2n) is 5.34. The molecule has 0 aliphatic heterocycles. The number of methoxy groups -OCH3 is 1. The lowest BCUT2D eigenvalue weighted by Crippen LogP contribution is -2.41. The molecule has 1 unspecified atom stereocenters. The first-order chi connectivity index (χ1) is 8.71. The van der Waals surface area contributed by atoms with E-state index in [2.05, 4.69) is 27.3 Å². The standard InChI is InChI=1S/C14H18BrClN2O/c1-13(2,19-4)8-14(3,9-17)18-10-5-6-12(16)11(15)7-10/h5-7,18H,8H2,1-4H3. The zero-order valence-corrected chi connectivity index (χ0v) is 13.9. The zero-order valence-electron chi connectivity index (χ0n) is 11.6. The van der Waals surface area contributed by atoms with Gasteiger partial charge in [-0.1, -0.05) is 11.6 Å². The average Bonchev–Trinajstić information content (AvgIpc) is 2.33. The fourth-order valence-electron chi connectivity index (χ4n) is 1.93. The van der Waals surface area contributed by atoms with Crippen LogP contribution in [-0.4, -0.2) is 18.2 Å². The van der Waals surface area contributed by atoms with E-state index in [9.17, 15) is 5.26 Å². The van der Waals surface area contributed by atoms with E-state index in [0.717, 1.165) is 10.2 Å². The van der Waals surface area contributed by atoms with Crippen LogP contribution in [0.1, 0.15) is 27.2 Å². The van der Waals surface area contributed by atoms with Crippen LogP contribution in [0.5, 0.6) is 0 Å². The third-order valence-electron chi connectivity index (χ3n) is 2.92. The van der Waals surface area contributed by atoms with Gasteiger partial charge in [0.2, 0.25) is 0 Å². The van der Waals surface area contributed by atoms with Gasteiger partial charge in [0.1, 0.15) is 5.54 Å². The summed E-state index contributed by atoms with van der Waals surface area (Å²) in [5.74, 6) is 0. The van der Waals surface area contributed by atoms with E-state index in [1.165, 1.54) is 0 Å². The van der Waals surface area contributed by atoms with E-state index >= 15 is 0 Å². The van der Waals surface area contributed by atoms with Gasteiger partial charge in [0.05, 0.1) is 16.7 Å². The van der Waals surface area contributed by atoms with Gasteiger partial charge in [0.15, 0.2) is 0 Å². The van der Waals surface area contributed by atoms with Crippen molar-refractivity contribution in [3.8, 4) is 6.07 Å². The van der Waals surface area contributed by atoms with Crippen molar-refractivity contribution in [2.24, 2.45) is 0 Å². The first-order valence-corrected chi connectivity index (χ1v) is 7.08. The van der Waals surface area contributed by atoms with E-state index < -0.39 is 5.54 Å². The van der Waals surface area contributed by atoms with Gasteiger partial charge in [-0.15, -0.1) is 0 Å². The first-order valence-electron chi connectivity index (χ1n) is 5.91. The van der Waals surface area contributed by atoms with E-state index in [1.54, 1.807) is 13.2 Å². The predicted octanol–water partition coefficient (Wildman–Crippen LogP) is 4.61. The van der Waals surface area contributed by atoms with Crippen LogP contribution in [0.3, 0.4) is 0 Å². The molecule has 1 aromatic rings. The molecule has 19 heavy (non-hydrogen) atoms. The Kier molecular flexibility index (Phi) is 5.26. The SMILES string of the molecule is COC(C)(C)CC(C)(C#N)Nc1ccc(Cl)c(Br)c1. The van der Waals surface area contributed by atoms with Gasteiger partial charge >= 0.3 is 0 Å². The molecule has 0 aromatic heterocycles. The summed E-state index contributed by atoms with van der Waals surface area (Å²) in [6.45, 7) is 5.78. The Labute approximate surface area is 128 Å². The molecule has 0 saturated carbocycles. The number of anilines is 1. The van der Waals surface area contributed by atoms with Crippen LogP contribution in [0.15, 0.2) is 22.7 Å². The van der Waals surface area contributed by atoms with Gasteiger partial charge in [-0.05, 0) is 54.9 Å². The molecule has 0 heterocycles. The second-order valence-corrected chi connectivity index (χ2v) is 6.60. The Morgan fingerprint density at radius 1 is 1.42 bits per heavy atom. The van der Waals surface area contributed by atoms with Crippen LogP contribution in [0.4, 0.5) is 5.69 Å². The summed E-state index contributed by atoms with van der Waals surface area (Å²) in [5.41, 5.74) is -0.249. The number of hydrogen-bond donors (Lipinski definition) is 1. The lowest BCUT2D eigenvalue weighted by Gasteiger charge is -2.33. The molecule has 1 aromatic carbocycles. The molecule has 1 rings (SSSR count). The van der Waals surface area contributed by atoms with Crippen molar-refractivity contribution >= 4 is 33.2 Å². The summed E-state index contributed by atoms with van der Waals surface area (Å²) < 4.78 is 6.19. The van der Waals surface area contributed by atoms with E-state index in [1.807, 2.05) is 32.9 Å². The van der Waals surface area contributed by atoms with E-state index in [0.29, 0.717) is 11.4 Å². The van der Waals surface area contributed by atoms with Crippen molar-refractivity contribution in [3.63, 3.8) is 0 Å². The maximum absolute atomic E-state index is 9.42. The third kappa shape index (κ3) is 4.68. The lowest BCUT2D eigenvalue weighted by atomic mass is 9.88. The zero-order chi connectivity index (χ0) is 14.7. The molecule has 0 spiro atoms. The number of ether oxygens (including phenoxy) is 1. The molecule has 0 radical (unpaired) electrons. The van der Waals surface area contributed by atoms with Crippen molar-refractivity contribution in [3.05, 3.63) is 27.7 Å². The van der Waals surface area contributed by atoms with Crippen molar-refractivity contribution in [1.82, 2.24) is 0 Å². The molecule has 1 N–H and O–H groups in total. The van der Waals surface area contributed by atoms with Crippen LogP contribution < -0.4 is 5.32 Å². The summed E-state index contributed by atoms with van der Waals surface area (Å²) in [6, 6.07) is 7.81. The molecule has 5 heteroatoms. The Hall–Kier alpha value is -0.760. The summed E-state index contributed by atoms with van der Waals surface area (Å²) in [4.78, 5) is 0. The largest absolute Gasteiger partial charge is 0.379 e. The maximum atomic E-state index is 9.42. The molecule has 0 amide bonds. The maximum Gasteiger partial charge on any atom is 0.125 e. The Balaban J connectivity index is 2.92. The molecule has 0 fully saturated rings. The quantitative estimate of drug-likeness (QED) is 0.847. The minimum atomic E-state index is -0.715. The Morgan fingerprint density at radius 3 is 2.53 bits per heavy atom. The number of hydrogen-bond acceptors (Lipinski definition) is 3. The van der Waals surface area contributed by atoms with Crippen LogP contribution in [0.25, 0.3) is 0 Å². The Morgan fingerprint density at radius 2 is 2.05 bits per heavy atom. The average molecular weight is 346 g/mol. The van der Waals surface area contributed by atoms with E-state index in [-0.39, 0.29) is 5.60 Å². The summed E-state index contributed by atoms with van der Waals surface area (Å²) in [5, 5.41) is 13.3. The van der Waals surface area contributed by atoms with Crippen molar-refractivity contribution in [2.45, 2.75) is 38.3 Å². The molecular weight excluding hydrogens is 328 g/mol. The first kappa shape index (κ1) is 16.3. The van der Waals surface area contributed by atoms with Crippen LogP contribution >= 0.6 is 27.5 Å². The van der Waals surface area contributed by atoms with Gasteiger partial charge in [-0.25, -0.2) is 0 Å². The van der Waals surface area contributed by atoms with Gasteiger partial charge < -0.3 is 10.1 Å². The minimum absolute atomic E-state index is 0.374. The number of nitrogens with one attached hydrogen (secondary N) is 1. The fraction of sp³-hybridized carbons (Fsp3) is 0.500. The van der Waals surface area contributed by atoms with E-state index in [4.69, 9.17) is 16.3 Å². The van der Waals surface area contributed by atoms with Crippen LogP contribution in [0.2, 0.25) is 5.02 Å². The van der Waals surface area contributed by atoms with Gasteiger partial charge in [-0.2, -0.15) is 5.26 Å². The van der Waals surface area contributed by atoms with Gasteiger partial charge in [0.25, 0.3) is 0 Å². The normalized spacial score (nSPS) is 14.6. The topological polar surface area (TPSA) is 45.0 Å². The van der Waals surface area contributed by atoms with Crippen molar-refractivity contribution < 1.29 is 4.74 Å². The summed E-state index contributed by atoms with van der Waals surface area (Å²) in [6.07, 6.45) is 0.563. The third-order valence-corrected chi connectivity index (χ3v) is 4.13. The molecule has 0 aliphatic carbocycles. The minimum Gasteiger partial charge on any atom is -0.379 e. The number of rotatable bonds is 5. The van der Waals surface area contributed by atoms with Gasteiger partial charge in [-0.3, -0.25) is 0 Å². The number of nitriles is 1. The smallest absolute Gasteiger partial charge is 0.125 e. The summed E-state index contributed by atoms with van der Waals surface area (Å²) >= 11 is 9.33. The highest BCUT2D eigenvalue weighted by molar-refractivity contribution is 9.10. The highest BCUT2D eigenvalue weighted by Gasteiger charge is 2.32. The lowest BCUT2D eigenvalue weighted by molar-refractivity contribution is 0.00725. The van der Waals surface area contributed by atoms with Crippen LogP contribution in [0, 0.1) is 11.3 Å². The van der Waals surface area contributed by atoms with Crippen molar-refractivity contribution in [2.75, 3.05) is 12.4 Å². The predicted molar refractivity (Wildman–Crippen MR) is 82.5 cm³/mol. The molecule has 0 saturated heterocycles. The monoisotopic (exact) mass is 344 g/mol. The summed E-state index contributed by atoms with van der Waals surface area (Å²) in [7, 11) is 1.65. The van der Waals surface area contributed by atoms with Gasteiger partial charge in [0, 0.05) is 23.7 Å². The second kappa shape index (κ2) is 6.13. The van der Waals surface area contributed by atoms with Crippen LogP contribution in [-0.2, 0) is 4.74 Å². The fourth-order valence-corrected chi connectivity index (χ4v) is 2.42. The molecule has 0 aliphatic rings. The molecule has 0 bridgehead atoms. The molecule has 1 atom stereocenters. The molecular formula is C14H18BrClN2O. The molecule has 3 nitrogen and oxygen atoms in total. The highest BCUT2D eigenvalue weighted by Crippen LogP contribution is 2.30. The number of halogens is 2. The van der Waals surface area contributed by atoms with Crippen molar-refractivity contribution in [1.29, 1.82) is 5.26 Å². The number of benzene rings is 1.